The molecule has 0 unspecified atom stereocenters. The van der Waals surface area contributed by atoms with Gasteiger partial charge in [-0.25, -0.2) is 13.1 Å². The first-order chi connectivity index (χ1) is 14.1. The van der Waals surface area contributed by atoms with E-state index < -0.39 is 21.8 Å². The fourth-order valence-corrected chi connectivity index (χ4v) is 3.24. The van der Waals surface area contributed by atoms with Crippen LogP contribution in [0.1, 0.15) is 19.4 Å². The Labute approximate surface area is 171 Å². The summed E-state index contributed by atoms with van der Waals surface area (Å²) in [6.45, 7) is 3.56. The van der Waals surface area contributed by atoms with E-state index in [0.29, 0.717) is 23.5 Å². The maximum atomic E-state index is 12.9. The Balaban J connectivity index is 2.05. The average molecular weight is 440 g/mol. The molecule has 11 heteroatoms. The summed E-state index contributed by atoms with van der Waals surface area (Å²) < 4.78 is 71.5. The number of hydrogen-bond acceptors (Lipinski definition) is 5. The third kappa shape index (κ3) is 4.90. The highest BCUT2D eigenvalue weighted by atomic mass is 32.2. The maximum Gasteiger partial charge on any atom is 0.416 e. The molecular weight excluding hydrogens is 421 g/mol. The van der Waals surface area contributed by atoms with Crippen LogP contribution >= 0.6 is 0 Å². The molecule has 0 aliphatic heterocycles. The number of sulfonamides is 1. The van der Waals surface area contributed by atoms with Crippen molar-refractivity contribution in [2.45, 2.75) is 20.0 Å². The Bertz CT molecular complexity index is 1130. The summed E-state index contributed by atoms with van der Waals surface area (Å²) in [6, 6.07) is 11.0. The number of benzene rings is 2. The van der Waals surface area contributed by atoms with Gasteiger partial charge in [-0.1, -0.05) is 18.2 Å². The van der Waals surface area contributed by atoms with Crippen molar-refractivity contribution in [2.75, 3.05) is 17.1 Å². The normalized spacial score (nSPS) is 12.0. The SMILES string of the molecule is CCOc1nc(-c2ccc(C(F)(F)F)cc2)n(-c2cccc(NS(=O)(=O)CC)c2)n1. The van der Waals surface area contributed by atoms with Gasteiger partial charge in [0, 0.05) is 5.56 Å². The molecule has 3 rings (SSSR count). The van der Waals surface area contributed by atoms with Gasteiger partial charge in [0.15, 0.2) is 5.82 Å². The molecule has 3 aromatic rings. The summed E-state index contributed by atoms with van der Waals surface area (Å²) in [5, 5.41) is 4.26. The average Bonchev–Trinajstić information content (AvgIpc) is 3.12. The lowest BCUT2D eigenvalue weighted by Crippen LogP contribution is -2.14. The molecule has 0 fully saturated rings. The highest BCUT2D eigenvalue weighted by Crippen LogP contribution is 2.31. The van der Waals surface area contributed by atoms with Gasteiger partial charge in [0.2, 0.25) is 10.0 Å². The molecule has 2 aromatic carbocycles. The zero-order valence-corrected chi connectivity index (χ0v) is 17.0. The minimum Gasteiger partial charge on any atom is -0.463 e. The molecular formula is C19H19F3N4O3S. The van der Waals surface area contributed by atoms with Gasteiger partial charge in [-0.05, 0) is 44.2 Å². The zero-order valence-electron chi connectivity index (χ0n) is 16.1. The highest BCUT2D eigenvalue weighted by molar-refractivity contribution is 7.92. The number of rotatable bonds is 7. The van der Waals surface area contributed by atoms with Crippen LogP contribution in [-0.2, 0) is 16.2 Å². The van der Waals surface area contributed by atoms with Gasteiger partial charge in [-0.2, -0.15) is 18.2 Å². The van der Waals surface area contributed by atoms with E-state index in [1.54, 1.807) is 31.2 Å². The van der Waals surface area contributed by atoms with Gasteiger partial charge in [0.25, 0.3) is 0 Å². The number of nitrogens with one attached hydrogen (secondary N) is 1. The van der Waals surface area contributed by atoms with Crippen LogP contribution in [0.15, 0.2) is 48.5 Å². The summed E-state index contributed by atoms with van der Waals surface area (Å²) in [6.07, 6.45) is -4.45. The number of anilines is 1. The molecule has 7 nitrogen and oxygen atoms in total. The molecule has 1 heterocycles. The van der Waals surface area contributed by atoms with Gasteiger partial charge >= 0.3 is 12.2 Å². The molecule has 30 heavy (non-hydrogen) atoms. The summed E-state index contributed by atoms with van der Waals surface area (Å²) >= 11 is 0. The highest BCUT2D eigenvalue weighted by Gasteiger charge is 2.30. The number of aromatic nitrogens is 3. The van der Waals surface area contributed by atoms with Gasteiger partial charge in [0.05, 0.1) is 29.3 Å². The van der Waals surface area contributed by atoms with Crippen molar-refractivity contribution in [3.05, 3.63) is 54.1 Å². The number of halogens is 3. The minimum atomic E-state index is -4.45. The van der Waals surface area contributed by atoms with E-state index in [1.807, 2.05) is 0 Å². The van der Waals surface area contributed by atoms with E-state index in [4.69, 9.17) is 4.74 Å². The number of hydrogen-bond donors (Lipinski definition) is 1. The van der Waals surface area contributed by atoms with Crippen LogP contribution in [0.4, 0.5) is 18.9 Å². The van der Waals surface area contributed by atoms with Crippen molar-refractivity contribution in [1.82, 2.24) is 14.8 Å². The molecule has 0 atom stereocenters. The van der Waals surface area contributed by atoms with Crippen LogP contribution in [0.25, 0.3) is 17.1 Å². The predicted molar refractivity (Wildman–Crippen MR) is 106 cm³/mol. The molecule has 0 aliphatic rings. The Hall–Kier alpha value is -3.08. The first-order valence-electron chi connectivity index (χ1n) is 9.01. The fraction of sp³-hybridized carbons (Fsp3) is 0.263. The molecule has 0 saturated carbocycles. The first kappa shape index (κ1) is 21.6. The summed E-state index contributed by atoms with van der Waals surface area (Å²) in [4.78, 5) is 4.27. The molecule has 1 N–H and O–H groups in total. The topological polar surface area (TPSA) is 86.1 Å². The lowest BCUT2D eigenvalue weighted by Gasteiger charge is -2.10. The largest absolute Gasteiger partial charge is 0.463 e. The second-order valence-electron chi connectivity index (χ2n) is 6.19. The molecule has 0 aliphatic carbocycles. The van der Waals surface area contributed by atoms with E-state index in [9.17, 15) is 21.6 Å². The van der Waals surface area contributed by atoms with Gasteiger partial charge < -0.3 is 4.74 Å². The maximum absolute atomic E-state index is 12.9. The molecule has 0 bridgehead atoms. The Morgan fingerprint density at radius 2 is 1.80 bits per heavy atom. The molecule has 0 radical (unpaired) electrons. The van der Waals surface area contributed by atoms with E-state index in [2.05, 4.69) is 14.8 Å². The van der Waals surface area contributed by atoms with Crippen LogP contribution in [-0.4, -0.2) is 35.5 Å². The lowest BCUT2D eigenvalue weighted by molar-refractivity contribution is -0.137. The van der Waals surface area contributed by atoms with Gasteiger partial charge in [-0.15, -0.1) is 5.10 Å². The quantitative estimate of drug-likeness (QED) is 0.598. The number of ether oxygens (including phenoxy) is 1. The van der Waals surface area contributed by atoms with Crippen LogP contribution < -0.4 is 9.46 Å². The number of nitrogens with zero attached hydrogens (tertiary/aromatic N) is 3. The van der Waals surface area contributed by atoms with E-state index >= 15 is 0 Å². The summed E-state index contributed by atoms with van der Waals surface area (Å²) in [7, 11) is -3.48. The summed E-state index contributed by atoms with van der Waals surface area (Å²) in [5.74, 6) is 0.161. The predicted octanol–water partition coefficient (Wildman–Crippen LogP) is 4.11. The third-order valence-corrected chi connectivity index (χ3v) is 5.38. The summed E-state index contributed by atoms with van der Waals surface area (Å²) in [5.41, 5.74) is 0.389. The van der Waals surface area contributed by atoms with E-state index in [1.165, 1.54) is 23.7 Å². The van der Waals surface area contributed by atoms with Crippen LogP contribution in [0.3, 0.4) is 0 Å². The van der Waals surface area contributed by atoms with Crippen LogP contribution in [0.5, 0.6) is 6.01 Å². The van der Waals surface area contributed by atoms with Gasteiger partial charge in [0.1, 0.15) is 0 Å². The second-order valence-corrected chi connectivity index (χ2v) is 8.20. The smallest absolute Gasteiger partial charge is 0.416 e. The van der Waals surface area contributed by atoms with Crippen molar-refractivity contribution in [3.63, 3.8) is 0 Å². The lowest BCUT2D eigenvalue weighted by atomic mass is 10.1. The second kappa shape index (κ2) is 8.34. The molecule has 160 valence electrons. The van der Waals surface area contributed by atoms with Crippen LogP contribution in [0.2, 0.25) is 0 Å². The monoisotopic (exact) mass is 440 g/mol. The Morgan fingerprint density at radius 1 is 1.10 bits per heavy atom. The van der Waals surface area contributed by atoms with Crippen molar-refractivity contribution in [3.8, 4) is 23.1 Å². The molecule has 0 amide bonds. The minimum absolute atomic E-state index is 0.0481. The Morgan fingerprint density at radius 3 is 2.40 bits per heavy atom. The zero-order chi connectivity index (χ0) is 21.9. The Kier molecular flexibility index (Phi) is 6.01. The van der Waals surface area contributed by atoms with Crippen molar-refractivity contribution in [1.29, 1.82) is 0 Å². The van der Waals surface area contributed by atoms with Crippen molar-refractivity contribution in [2.24, 2.45) is 0 Å². The van der Waals surface area contributed by atoms with E-state index in [-0.39, 0.29) is 17.6 Å². The number of alkyl halides is 3. The first-order valence-corrected chi connectivity index (χ1v) is 10.7. The van der Waals surface area contributed by atoms with Gasteiger partial charge in [-0.3, -0.25) is 4.72 Å². The fourth-order valence-electron chi connectivity index (χ4n) is 2.61. The molecule has 0 saturated heterocycles. The molecule has 1 aromatic heterocycles. The van der Waals surface area contributed by atoms with E-state index in [0.717, 1.165) is 12.1 Å². The third-order valence-electron chi connectivity index (χ3n) is 4.08. The van der Waals surface area contributed by atoms with Crippen LogP contribution in [0, 0.1) is 0 Å². The molecule has 0 spiro atoms. The van der Waals surface area contributed by atoms with Crippen molar-refractivity contribution >= 4 is 15.7 Å². The standard InChI is InChI=1S/C19H19F3N4O3S/c1-3-29-18-23-17(13-8-10-14(11-9-13)19(20,21)22)26(24-18)16-7-5-6-15(12-16)25-30(27,28)4-2/h5-12,25H,3-4H2,1-2H3. The van der Waals surface area contributed by atoms with Crippen molar-refractivity contribution < 1.29 is 26.3 Å².